The third-order valence-corrected chi connectivity index (χ3v) is 2.95. The van der Waals surface area contributed by atoms with E-state index in [1.54, 1.807) is 0 Å². The van der Waals surface area contributed by atoms with E-state index < -0.39 is 0 Å². The molecule has 0 aliphatic rings. The number of hydrogen-bond acceptors (Lipinski definition) is 2. The molecule has 1 heterocycles. The molecule has 2 rings (SSSR count). The van der Waals surface area contributed by atoms with Gasteiger partial charge in [-0.05, 0) is 43.9 Å². The Labute approximate surface area is 103 Å². The fraction of sp³-hybridized carbons (Fsp3) is 0.571. The molecule has 0 bridgehead atoms. The van der Waals surface area contributed by atoms with E-state index in [1.165, 1.54) is 5.56 Å². The maximum Gasteiger partial charge on any atom is 0.113 e. The Morgan fingerprint density at radius 2 is 1.65 bits per heavy atom. The Morgan fingerprint density at radius 1 is 1.00 bits per heavy atom. The predicted molar refractivity (Wildman–Crippen MR) is 71.2 cm³/mol. The Bertz CT molecular complexity index is 539. The second kappa shape index (κ2) is 3.56. The van der Waals surface area contributed by atoms with E-state index in [-0.39, 0.29) is 11.0 Å². The molecule has 0 saturated heterocycles. The van der Waals surface area contributed by atoms with Gasteiger partial charge in [-0.25, -0.2) is 4.68 Å². The van der Waals surface area contributed by atoms with Gasteiger partial charge in [-0.15, -0.1) is 5.10 Å². The van der Waals surface area contributed by atoms with Crippen LogP contribution in [0.4, 0.5) is 0 Å². The van der Waals surface area contributed by atoms with Crippen molar-refractivity contribution in [3.63, 3.8) is 0 Å². The van der Waals surface area contributed by atoms with Gasteiger partial charge in [0.2, 0.25) is 0 Å². The Kier molecular flexibility index (Phi) is 2.53. The van der Waals surface area contributed by atoms with Gasteiger partial charge in [-0.1, -0.05) is 32.1 Å². The first-order chi connectivity index (χ1) is 7.69. The van der Waals surface area contributed by atoms with E-state index in [9.17, 15) is 0 Å². The van der Waals surface area contributed by atoms with Crippen molar-refractivity contribution in [3.05, 3.63) is 23.8 Å². The Hall–Kier alpha value is -1.38. The fourth-order valence-corrected chi connectivity index (χ4v) is 1.88. The van der Waals surface area contributed by atoms with E-state index in [2.05, 4.69) is 70.1 Å². The molecule has 0 spiro atoms. The number of benzene rings is 1. The first-order valence-corrected chi connectivity index (χ1v) is 6.06. The highest BCUT2D eigenvalue weighted by Crippen LogP contribution is 2.27. The molecule has 0 saturated carbocycles. The largest absolute Gasteiger partial charge is 0.239 e. The third-order valence-electron chi connectivity index (χ3n) is 2.95. The number of hydrogen-bond donors (Lipinski definition) is 0. The highest BCUT2D eigenvalue weighted by molar-refractivity contribution is 5.75. The Balaban J connectivity index is 2.67. The summed E-state index contributed by atoms with van der Waals surface area (Å²) in [6.45, 7) is 13.1. The maximum absolute atomic E-state index is 4.26. The molecule has 0 aliphatic carbocycles. The van der Waals surface area contributed by atoms with Crippen LogP contribution in [-0.2, 0) is 11.0 Å². The lowest BCUT2D eigenvalue weighted by atomic mass is 9.87. The van der Waals surface area contributed by atoms with Gasteiger partial charge in [-0.3, -0.25) is 0 Å². The molecule has 92 valence electrons. The molecule has 0 amide bonds. The van der Waals surface area contributed by atoms with Crippen LogP contribution in [0.25, 0.3) is 11.0 Å². The predicted octanol–water partition coefficient (Wildman–Crippen LogP) is 3.48. The summed E-state index contributed by atoms with van der Waals surface area (Å²) in [6, 6.07) is 6.41. The molecular formula is C14H21N3. The molecule has 17 heavy (non-hydrogen) atoms. The van der Waals surface area contributed by atoms with Crippen LogP contribution >= 0.6 is 0 Å². The zero-order valence-electron chi connectivity index (χ0n) is 11.6. The molecule has 0 fully saturated rings. The average Bonchev–Trinajstić information content (AvgIpc) is 2.57. The summed E-state index contributed by atoms with van der Waals surface area (Å²) >= 11 is 0. The molecule has 2 aromatic rings. The number of aromatic nitrogens is 3. The smallest absolute Gasteiger partial charge is 0.113 e. The third kappa shape index (κ3) is 2.19. The summed E-state index contributed by atoms with van der Waals surface area (Å²) in [5.74, 6) is 0. The summed E-state index contributed by atoms with van der Waals surface area (Å²) in [4.78, 5) is 0. The Morgan fingerprint density at radius 3 is 2.18 bits per heavy atom. The monoisotopic (exact) mass is 231 g/mol. The molecule has 1 aromatic heterocycles. The van der Waals surface area contributed by atoms with Crippen LogP contribution in [0.2, 0.25) is 0 Å². The molecule has 3 heteroatoms. The van der Waals surface area contributed by atoms with E-state index in [1.807, 2.05) is 4.68 Å². The van der Waals surface area contributed by atoms with E-state index in [0.717, 1.165) is 11.0 Å². The second-order valence-corrected chi connectivity index (χ2v) is 6.63. The SMILES string of the molecule is CC(C)(C)c1ccc2nnn(C(C)(C)C)c2c1. The minimum atomic E-state index is -0.0365. The summed E-state index contributed by atoms with van der Waals surface area (Å²) < 4.78 is 2.00. The van der Waals surface area contributed by atoms with Gasteiger partial charge in [-0.2, -0.15) is 0 Å². The van der Waals surface area contributed by atoms with Gasteiger partial charge in [0.1, 0.15) is 5.52 Å². The van der Waals surface area contributed by atoms with Crippen LogP contribution < -0.4 is 0 Å². The van der Waals surface area contributed by atoms with E-state index in [0.29, 0.717) is 0 Å². The highest BCUT2D eigenvalue weighted by Gasteiger charge is 2.20. The van der Waals surface area contributed by atoms with Crippen molar-refractivity contribution in [1.82, 2.24) is 15.0 Å². The van der Waals surface area contributed by atoms with Crippen molar-refractivity contribution in [1.29, 1.82) is 0 Å². The van der Waals surface area contributed by atoms with Gasteiger partial charge < -0.3 is 0 Å². The van der Waals surface area contributed by atoms with Crippen LogP contribution in [-0.4, -0.2) is 15.0 Å². The minimum absolute atomic E-state index is 0.0365. The van der Waals surface area contributed by atoms with Crippen LogP contribution in [0.15, 0.2) is 18.2 Å². The zero-order chi connectivity index (χ0) is 12.8. The molecule has 3 nitrogen and oxygen atoms in total. The number of rotatable bonds is 0. The minimum Gasteiger partial charge on any atom is -0.239 e. The summed E-state index contributed by atoms with van der Waals surface area (Å²) in [5.41, 5.74) is 3.52. The van der Waals surface area contributed by atoms with Crippen molar-refractivity contribution in [3.8, 4) is 0 Å². The van der Waals surface area contributed by atoms with E-state index in [4.69, 9.17) is 0 Å². The summed E-state index contributed by atoms with van der Waals surface area (Å²) in [5, 5.41) is 8.48. The standard InChI is InChI=1S/C14H21N3/c1-13(2,3)10-7-8-11-12(9-10)17(16-15-11)14(4,5)6/h7-9H,1-6H3. The number of fused-ring (bicyclic) bond motifs is 1. The van der Waals surface area contributed by atoms with Gasteiger partial charge in [0.25, 0.3) is 0 Å². The molecule has 0 unspecified atom stereocenters. The highest BCUT2D eigenvalue weighted by atomic mass is 15.4. The molecule has 1 aromatic carbocycles. The van der Waals surface area contributed by atoms with Crippen molar-refractivity contribution in [2.75, 3.05) is 0 Å². The normalized spacial score (nSPS) is 13.3. The van der Waals surface area contributed by atoms with Crippen molar-refractivity contribution in [2.45, 2.75) is 52.5 Å². The lowest BCUT2D eigenvalue weighted by Gasteiger charge is -2.22. The molecule has 0 atom stereocenters. The van der Waals surface area contributed by atoms with Crippen LogP contribution in [0.3, 0.4) is 0 Å². The molecule has 0 aliphatic heterocycles. The summed E-state index contributed by atoms with van der Waals surface area (Å²) in [7, 11) is 0. The van der Waals surface area contributed by atoms with E-state index >= 15 is 0 Å². The second-order valence-electron chi connectivity index (χ2n) is 6.63. The maximum atomic E-state index is 4.26. The van der Waals surface area contributed by atoms with Crippen LogP contribution in [0.1, 0.15) is 47.1 Å². The molecule has 0 radical (unpaired) electrons. The lowest BCUT2D eigenvalue weighted by molar-refractivity contribution is 0.358. The van der Waals surface area contributed by atoms with Gasteiger partial charge >= 0.3 is 0 Å². The fourth-order valence-electron chi connectivity index (χ4n) is 1.88. The van der Waals surface area contributed by atoms with Crippen LogP contribution in [0, 0.1) is 0 Å². The topological polar surface area (TPSA) is 30.7 Å². The van der Waals surface area contributed by atoms with Crippen LogP contribution in [0.5, 0.6) is 0 Å². The van der Waals surface area contributed by atoms with Gasteiger partial charge in [0, 0.05) is 0 Å². The van der Waals surface area contributed by atoms with Gasteiger partial charge in [0.15, 0.2) is 0 Å². The first-order valence-electron chi connectivity index (χ1n) is 6.06. The van der Waals surface area contributed by atoms with Crippen molar-refractivity contribution >= 4 is 11.0 Å². The zero-order valence-corrected chi connectivity index (χ0v) is 11.6. The average molecular weight is 231 g/mol. The van der Waals surface area contributed by atoms with Gasteiger partial charge in [0.05, 0.1) is 11.1 Å². The lowest BCUT2D eigenvalue weighted by Crippen LogP contribution is -2.23. The molecular weight excluding hydrogens is 210 g/mol. The van der Waals surface area contributed by atoms with Crippen molar-refractivity contribution in [2.24, 2.45) is 0 Å². The number of nitrogens with zero attached hydrogens (tertiary/aromatic N) is 3. The molecule has 0 N–H and O–H groups in total. The quantitative estimate of drug-likeness (QED) is 0.695. The summed E-state index contributed by atoms with van der Waals surface area (Å²) in [6.07, 6.45) is 0. The van der Waals surface area contributed by atoms with Crippen molar-refractivity contribution < 1.29 is 0 Å². The first kappa shape index (κ1) is 12.1.